The van der Waals surface area contributed by atoms with E-state index < -0.39 is 42.6 Å². The SMILES string of the molecule is O=C(O)CC(O)(CC(=O)OC1CCCN1)C(=O)O. The smallest absolute Gasteiger partial charge is 0.336 e. The third-order valence-electron chi connectivity index (χ3n) is 2.57. The lowest BCUT2D eigenvalue weighted by molar-refractivity contribution is -0.173. The zero-order valence-electron chi connectivity index (χ0n) is 9.59. The molecule has 0 aromatic heterocycles. The summed E-state index contributed by atoms with van der Waals surface area (Å²) in [6.45, 7) is 0.691. The lowest BCUT2D eigenvalue weighted by atomic mass is 9.96. The molecule has 1 rings (SSSR count). The molecule has 0 aromatic carbocycles. The van der Waals surface area contributed by atoms with Crippen LogP contribution in [0.3, 0.4) is 0 Å². The Bertz CT molecular complexity index is 350. The third-order valence-corrected chi connectivity index (χ3v) is 2.57. The molecule has 18 heavy (non-hydrogen) atoms. The first-order valence-electron chi connectivity index (χ1n) is 5.44. The van der Waals surface area contributed by atoms with Crippen molar-refractivity contribution in [2.24, 2.45) is 0 Å². The second-order valence-corrected chi connectivity index (χ2v) is 4.16. The number of nitrogens with one attached hydrogen (secondary N) is 1. The molecule has 8 nitrogen and oxygen atoms in total. The number of carboxylic acid groups (broad SMARTS) is 2. The second kappa shape index (κ2) is 5.78. The third kappa shape index (κ3) is 3.97. The van der Waals surface area contributed by atoms with Crippen molar-refractivity contribution in [2.45, 2.75) is 37.5 Å². The number of carboxylic acids is 2. The standard InChI is InChI=1S/C10H15NO7/c12-7(13)4-10(17,9(15)16)5-8(14)18-6-2-1-3-11-6/h6,11,17H,1-5H2,(H,12,13)(H,15,16). The minimum atomic E-state index is -2.64. The summed E-state index contributed by atoms with van der Waals surface area (Å²) in [4.78, 5) is 32.7. The highest BCUT2D eigenvalue weighted by atomic mass is 16.6. The van der Waals surface area contributed by atoms with Crippen LogP contribution in [0.2, 0.25) is 0 Å². The predicted octanol–water partition coefficient (Wildman–Crippen LogP) is -1.08. The Kier molecular flexibility index (Phi) is 4.62. The van der Waals surface area contributed by atoms with Crippen LogP contribution >= 0.6 is 0 Å². The molecular weight excluding hydrogens is 246 g/mol. The molecule has 0 aromatic rings. The summed E-state index contributed by atoms with van der Waals surface area (Å²) in [5.74, 6) is -4.21. The molecule has 4 N–H and O–H groups in total. The average molecular weight is 261 g/mol. The quantitative estimate of drug-likeness (QED) is 0.444. The molecule has 1 saturated heterocycles. The van der Waals surface area contributed by atoms with Crippen LogP contribution in [0, 0.1) is 0 Å². The van der Waals surface area contributed by atoms with E-state index >= 15 is 0 Å². The van der Waals surface area contributed by atoms with Gasteiger partial charge in [-0.25, -0.2) is 4.79 Å². The van der Waals surface area contributed by atoms with Crippen LogP contribution in [-0.4, -0.2) is 51.6 Å². The molecule has 2 unspecified atom stereocenters. The van der Waals surface area contributed by atoms with E-state index in [-0.39, 0.29) is 0 Å². The van der Waals surface area contributed by atoms with Gasteiger partial charge in [-0.05, 0) is 19.4 Å². The summed E-state index contributed by atoms with van der Waals surface area (Å²) in [7, 11) is 0. The molecule has 8 heteroatoms. The number of ether oxygens (including phenoxy) is 1. The van der Waals surface area contributed by atoms with Gasteiger partial charge in [0.15, 0.2) is 11.8 Å². The first-order chi connectivity index (χ1) is 8.33. The van der Waals surface area contributed by atoms with Crippen molar-refractivity contribution < 1.29 is 34.4 Å². The van der Waals surface area contributed by atoms with Gasteiger partial charge < -0.3 is 20.1 Å². The number of esters is 1. The minimum Gasteiger partial charge on any atom is -0.481 e. The lowest BCUT2D eigenvalue weighted by Crippen LogP contribution is -2.44. The molecule has 102 valence electrons. The Labute approximate surface area is 103 Å². The number of hydrogen-bond acceptors (Lipinski definition) is 6. The normalized spacial score (nSPS) is 22.2. The van der Waals surface area contributed by atoms with Crippen molar-refractivity contribution in [2.75, 3.05) is 6.54 Å². The van der Waals surface area contributed by atoms with Gasteiger partial charge in [0.1, 0.15) is 0 Å². The fourth-order valence-electron chi connectivity index (χ4n) is 1.66. The molecule has 0 aliphatic carbocycles. The number of aliphatic hydroxyl groups is 1. The fourth-order valence-corrected chi connectivity index (χ4v) is 1.66. The number of rotatable bonds is 6. The first kappa shape index (κ1) is 14.4. The van der Waals surface area contributed by atoms with Crippen LogP contribution in [0.4, 0.5) is 0 Å². The maximum Gasteiger partial charge on any atom is 0.336 e. The minimum absolute atomic E-state index is 0.500. The molecule has 1 aliphatic rings. The molecule has 1 heterocycles. The maximum atomic E-state index is 11.4. The van der Waals surface area contributed by atoms with Gasteiger partial charge >= 0.3 is 17.9 Å². The molecule has 0 radical (unpaired) electrons. The van der Waals surface area contributed by atoms with Gasteiger partial charge in [-0.3, -0.25) is 14.9 Å². The van der Waals surface area contributed by atoms with Gasteiger partial charge in [0.05, 0.1) is 12.8 Å². The maximum absolute atomic E-state index is 11.4. The van der Waals surface area contributed by atoms with E-state index in [9.17, 15) is 19.5 Å². The second-order valence-electron chi connectivity index (χ2n) is 4.16. The highest BCUT2D eigenvalue weighted by molar-refractivity contribution is 5.88. The van der Waals surface area contributed by atoms with Crippen LogP contribution in [0.15, 0.2) is 0 Å². The van der Waals surface area contributed by atoms with Crippen LogP contribution in [0.25, 0.3) is 0 Å². The van der Waals surface area contributed by atoms with Crippen molar-refractivity contribution in [3.63, 3.8) is 0 Å². The van der Waals surface area contributed by atoms with Crippen molar-refractivity contribution in [3.05, 3.63) is 0 Å². The number of aliphatic carboxylic acids is 2. The summed E-state index contributed by atoms with van der Waals surface area (Å²) in [5, 5.41) is 29.7. The van der Waals surface area contributed by atoms with Crippen LogP contribution in [0.5, 0.6) is 0 Å². The molecule has 1 aliphatic heterocycles. The van der Waals surface area contributed by atoms with E-state index in [1.54, 1.807) is 0 Å². The Hall–Kier alpha value is -1.67. The summed E-state index contributed by atoms with van der Waals surface area (Å²) < 4.78 is 4.87. The zero-order chi connectivity index (χ0) is 13.8. The Morgan fingerprint density at radius 2 is 1.94 bits per heavy atom. The number of carbonyl (C=O) groups is 3. The van der Waals surface area contributed by atoms with Crippen molar-refractivity contribution in [1.29, 1.82) is 0 Å². The monoisotopic (exact) mass is 261 g/mol. The topological polar surface area (TPSA) is 133 Å². The summed E-state index contributed by atoms with van der Waals surface area (Å²) >= 11 is 0. The van der Waals surface area contributed by atoms with E-state index in [1.165, 1.54) is 0 Å². The van der Waals surface area contributed by atoms with Gasteiger partial charge in [0, 0.05) is 0 Å². The molecule has 2 atom stereocenters. The number of carbonyl (C=O) groups excluding carboxylic acids is 1. The molecule has 0 spiro atoms. The summed E-state index contributed by atoms with van der Waals surface area (Å²) in [6, 6.07) is 0. The molecule has 1 fully saturated rings. The molecular formula is C10H15NO7. The average Bonchev–Trinajstić information content (AvgIpc) is 2.68. The fraction of sp³-hybridized carbons (Fsp3) is 0.700. The number of hydrogen-bond donors (Lipinski definition) is 4. The Morgan fingerprint density at radius 1 is 1.28 bits per heavy atom. The van der Waals surface area contributed by atoms with E-state index in [4.69, 9.17) is 14.9 Å². The molecule has 0 bridgehead atoms. The summed E-state index contributed by atoms with van der Waals surface area (Å²) in [5.41, 5.74) is -2.64. The first-order valence-corrected chi connectivity index (χ1v) is 5.44. The zero-order valence-corrected chi connectivity index (χ0v) is 9.59. The Morgan fingerprint density at radius 3 is 2.39 bits per heavy atom. The molecule has 0 saturated carbocycles. The van der Waals surface area contributed by atoms with Crippen molar-refractivity contribution >= 4 is 17.9 Å². The van der Waals surface area contributed by atoms with Crippen LogP contribution < -0.4 is 5.32 Å². The van der Waals surface area contributed by atoms with Gasteiger partial charge in [-0.15, -0.1) is 0 Å². The largest absolute Gasteiger partial charge is 0.481 e. The van der Waals surface area contributed by atoms with Gasteiger partial charge in [0.2, 0.25) is 0 Å². The Balaban J connectivity index is 2.56. The highest BCUT2D eigenvalue weighted by Crippen LogP contribution is 2.18. The van der Waals surface area contributed by atoms with Crippen LogP contribution in [0.1, 0.15) is 25.7 Å². The van der Waals surface area contributed by atoms with E-state index in [0.717, 1.165) is 6.42 Å². The van der Waals surface area contributed by atoms with Gasteiger partial charge in [-0.2, -0.15) is 0 Å². The predicted molar refractivity (Wildman–Crippen MR) is 56.6 cm³/mol. The lowest BCUT2D eigenvalue weighted by Gasteiger charge is -2.21. The highest BCUT2D eigenvalue weighted by Gasteiger charge is 2.41. The molecule has 0 amide bonds. The van der Waals surface area contributed by atoms with E-state index in [1.807, 2.05) is 0 Å². The van der Waals surface area contributed by atoms with E-state index in [2.05, 4.69) is 5.32 Å². The van der Waals surface area contributed by atoms with Gasteiger partial charge in [-0.1, -0.05) is 0 Å². The van der Waals surface area contributed by atoms with Gasteiger partial charge in [0.25, 0.3) is 0 Å². The van der Waals surface area contributed by atoms with E-state index in [0.29, 0.717) is 13.0 Å². The van der Waals surface area contributed by atoms with Crippen molar-refractivity contribution in [3.8, 4) is 0 Å². The van der Waals surface area contributed by atoms with Crippen LogP contribution in [-0.2, 0) is 19.1 Å². The summed E-state index contributed by atoms with van der Waals surface area (Å²) in [6.07, 6.45) is -1.02. The van der Waals surface area contributed by atoms with Crippen molar-refractivity contribution in [1.82, 2.24) is 5.32 Å².